The summed E-state index contributed by atoms with van der Waals surface area (Å²) in [6.45, 7) is 2.10. The van der Waals surface area contributed by atoms with E-state index in [0.717, 1.165) is 18.4 Å². The van der Waals surface area contributed by atoms with Crippen molar-refractivity contribution in [3.8, 4) is 6.19 Å². The molecule has 1 heterocycles. The summed E-state index contributed by atoms with van der Waals surface area (Å²) in [5.41, 5.74) is 1.13. The summed E-state index contributed by atoms with van der Waals surface area (Å²) in [4.78, 5) is 0. The number of rotatable bonds is 2. The van der Waals surface area contributed by atoms with Crippen molar-refractivity contribution in [2.45, 2.75) is 19.8 Å². The first kappa shape index (κ1) is 6.81. The molecule has 0 spiro atoms. The highest BCUT2D eigenvalue weighted by Gasteiger charge is 1.93. The van der Waals surface area contributed by atoms with Crippen molar-refractivity contribution in [1.82, 2.24) is 9.78 Å². The fourth-order valence-corrected chi connectivity index (χ4v) is 0.833. The molecule has 3 nitrogen and oxygen atoms in total. The maximum absolute atomic E-state index is 8.37. The van der Waals surface area contributed by atoms with E-state index in [-0.39, 0.29) is 0 Å². The second-order valence-electron chi connectivity index (χ2n) is 2.14. The van der Waals surface area contributed by atoms with Crippen molar-refractivity contribution in [2.24, 2.45) is 0 Å². The van der Waals surface area contributed by atoms with E-state index in [1.165, 1.54) is 4.68 Å². The highest BCUT2D eigenvalue weighted by molar-refractivity contribution is 5.05. The van der Waals surface area contributed by atoms with Crippen molar-refractivity contribution in [1.29, 1.82) is 5.26 Å². The normalized spacial score (nSPS) is 9.20. The van der Waals surface area contributed by atoms with Crippen LogP contribution in [0, 0.1) is 11.5 Å². The van der Waals surface area contributed by atoms with Gasteiger partial charge in [-0.2, -0.15) is 15.0 Å². The molecule has 0 unspecified atom stereocenters. The minimum atomic E-state index is 1.00. The molecule has 0 aliphatic rings. The highest BCUT2D eigenvalue weighted by Crippen LogP contribution is 1.99. The number of aryl methyl sites for hydroxylation is 1. The molecule has 0 aromatic carbocycles. The third-order valence-corrected chi connectivity index (χ3v) is 1.28. The zero-order valence-electron chi connectivity index (χ0n) is 5.91. The third kappa shape index (κ3) is 1.35. The fraction of sp³-hybridized carbons (Fsp3) is 0.429. The molecule has 0 fully saturated rings. The van der Waals surface area contributed by atoms with Crippen molar-refractivity contribution in [3.05, 3.63) is 18.0 Å². The van der Waals surface area contributed by atoms with E-state index in [1.807, 2.05) is 6.19 Å². The van der Waals surface area contributed by atoms with Crippen LogP contribution in [0.15, 0.2) is 12.4 Å². The van der Waals surface area contributed by atoms with E-state index in [0.29, 0.717) is 0 Å². The second-order valence-corrected chi connectivity index (χ2v) is 2.14. The van der Waals surface area contributed by atoms with E-state index in [1.54, 1.807) is 12.4 Å². The molecule has 1 aromatic rings. The van der Waals surface area contributed by atoms with Gasteiger partial charge in [0.1, 0.15) is 0 Å². The Morgan fingerprint density at radius 2 is 2.60 bits per heavy atom. The number of hydrogen-bond acceptors (Lipinski definition) is 2. The van der Waals surface area contributed by atoms with Gasteiger partial charge in [0, 0.05) is 6.20 Å². The molecule has 0 amide bonds. The topological polar surface area (TPSA) is 41.6 Å². The number of nitrogens with zero attached hydrogens (tertiary/aromatic N) is 3. The van der Waals surface area contributed by atoms with Crippen LogP contribution in [0.2, 0.25) is 0 Å². The Labute approximate surface area is 59.9 Å². The second kappa shape index (κ2) is 3.02. The summed E-state index contributed by atoms with van der Waals surface area (Å²) >= 11 is 0. The van der Waals surface area contributed by atoms with Gasteiger partial charge >= 0.3 is 0 Å². The lowest BCUT2D eigenvalue weighted by molar-refractivity contribution is 0.893. The van der Waals surface area contributed by atoms with Gasteiger partial charge in [0.05, 0.1) is 6.20 Å². The molecule has 0 aliphatic carbocycles. The molecule has 3 heteroatoms. The van der Waals surface area contributed by atoms with Gasteiger partial charge in [-0.3, -0.25) is 0 Å². The molecule has 0 N–H and O–H groups in total. The van der Waals surface area contributed by atoms with E-state index in [9.17, 15) is 0 Å². The summed E-state index contributed by atoms with van der Waals surface area (Å²) in [7, 11) is 0. The zero-order valence-corrected chi connectivity index (χ0v) is 5.91. The van der Waals surface area contributed by atoms with E-state index >= 15 is 0 Å². The van der Waals surface area contributed by atoms with Crippen LogP contribution in [0.4, 0.5) is 0 Å². The molecular weight excluding hydrogens is 126 g/mol. The highest BCUT2D eigenvalue weighted by atomic mass is 15.3. The summed E-state index contributed by atoms with van der Waals surface area (Å²) in [6, 6.07) is 0. The first-order valence-corrected chi connectivity index (χ1v) is 3.30. The molecule has 0 bridgehead atoms. The molecule has 52 valence electrons. The van der Waals surface area contributed by atoms with Crippen molar-refractivity contribution >= 4 is 0 Å². The van der Waals surface area contributed by atoms with E-state index < -0.39 is 0 Å². The summed E-state index contributed by atoms with van der Waals surface area (Å²) in [5.74, 6) is 0. The zero-order chi connectivity index (χ0) is 7.40. The lowest BCUT2D eigenvalue weighted by Crippen LogP contribution is -1.85. The van der Waals surface area contributed by atoms with Crippen molar-refractivity contribution in [2.75, 3.05) is 0 Å². The Bertz CT molecular complexity index is 244. The largest absolute Gasteiger partial charge is 0.206 e. The Kier molecular flexibility index (Phi) is 2.06. The van der Waals surface area contributed by atoms with Gasteiger partial charge in [0.25, 0.3) is 0 Å². The van der Waals surface area contributed by atoms with Crippen LogP contribution >= 0.6 is 0 Å². The monoisotopic (exact) mass is 135 g/mol. The van der Waals surface area contributed by atoms with Gasteiger partial charge in [-0.25, -0.2) is 0 Å². The van der Waals surface area contributed by atoms with Crippen LogP contribution in [0.1, 0.15) is 18.9 Å². The Hall–Kier alpha value is -1.30. The number of hydrogen-bond donors (Lipinski definition) is 0. The van der Waals surface area contributed by atoms with Crippen LogP contribution in [-0.4, -0.2) is 9.78 Å². The molecule has 0 atom stereocenters. The lowest BCUT2D eigenvalue weighted by Gasteiger charge is -1.85. The summed E-state index contributed by atoms with van der Waals surface area (Å²) in [5, 5.41) is 12.2. The standard InChI is InChI=1S/C7H9N3/c1-2-3-7-4-9-10(5-7)6-8/h4-5H,2-3H2,1H3. The lowest BCUT2D eigenvalue weighted by atomic mass is 10.2. The predicted octanol–water partition coefficient (Wildman–Crippen LogP) is 1.16. The quantitative estimate of drug-likeness (QED) is 0.610. The average molecular weight is 135 g/mol. The fourth-order valence-electron chi connectivity index (χ4n) is 0.833. The van der Waals surface area contributed by atoms with Gasteiger partial charge < -0.3 is 0 Å². The smallest absolute Gasteiger partial charge is 0.174 e. The van der Waals surface area contributed by atoms with Crippen LogP contribution < -0.4 is 0 Å². The first-order chi connectivity index (χ1) is 4.86. The van der Waals surface area contributed by atoms with E-state index in [4.69, 9.17) is 5.26 Å². The molecule has 1 rings (SSSR count). The van der Waals surface area contributed by atoms with Gasteiger partial charge in [-0.15, -0.1) is 0 Å². The molecular formula is C7H9N3. The van der Waals surface area contributed by atoms with Crippen molar-refractivity contribution < 1.29 is 0 Å². The third-order valence-electron chi connectivity index (χ3n) is 1.28. The van der Waals surface area contributed by atoms with Crippen LogP contribution in [0.3, 0.4) is 0 Å². The minimum Gasteiger partial charge on any atom is -0.174 e. The molecule has 1 aromatic heterocycles. The Morgan fingerprint density at radius 3 is 3.10 bits per heavy atom. The maximum atomic E-state index is 8.37. The molecule has 0 saturated carbocycles. The van der Waals surface area contributed by atoms with Gasteiger partial charge in [0.15, 0.2) is 0 Å². The van der Waals surface area contributed by atoms with Gasteiger partial charge in [0.2, 0.25) is 6.19 Å². The Balaban J connectivity index is 2.71. The maximum Gasteiger partial charge on any atom is 0.206 e. The first-order valence-electron chi connectivity index (χ1n) is 3.30. The van der Waals surface area contributed by atoms with Gasteiger partial charge in [-0.1, -0.05) is 13.3 Å². The molecule has 0 aliphatic heterocycles. The average Bonchev–Trinajstić information content (AvgIpc) is 2.37. The summed E-state index contributed by atoms with van der Waals surface area (Å²) in [6.07, 6.45) is 7.49. The SMILES string of the molecule is CCCc1cnn(C#N)c1. The predicted molar refractivity (Wildman–Crippen MR) is 37.2 cm³/mol. The number of aromatic nitrogens is 2. The van der Waals surface area contributed by atoms with E-state index in [2.05, 4.69) is 12.0 Å². The van der Waals surface area contributed by atoms with Crippen LogP contribution in [0.5, 0.6) is 0 Å². The van der Waals surface area contributed by atoms with Crippen LogP contribution in [0.25, 0.3) is 0 Å². The molecule has 0 radical (unpaired) electrons. The Morgan fingerprint density at radius 1 is 1.80 bits per heavy atom. The van der Waals surface area contributed by atoms with Crippen LogP contribution in [-0.2, 0) is 6.42 Å². The number of nitriles is 1. The van der Waals surface area contributed by atoms with Crippen molar-refractivity contribution in [3.63, 3.8) is 0 Å². The molecule has 0 saturated heterocycles. The summed E-state index contributed by atoms with van der Waals surface area (Å²) < 4.78 is 1.27. The molecule has 10 heavy (non-hydrogen) atoms. The minimum absolute atomic E-state index is 1.00. The van der Waals surface area contributed by atoms with Gasteiger partial charge in [-0.05, 0) is 12.0 Å².